The molecule has 1 aromatic carbocycles. The third-order valence-electron chi connectivity index (χ3n) is 6.02. The Hall–Kier alpha value is -2.40. The third kappa shape index (κ3) is 5.15. The number of rotatable bonds is 7. The van der Waals surface area contributed by atoms with E-state index in [0.717, 1.165) is 82.2 Å². The van der Waals surface area contributed by atoms with E-state index in [-0.39, 0.29) is 5.91 Å². The standard InChI is InChI=1S/C22H29N5O4S/c28-21(23-3-4-25-9-11-29-12-10-25)20-14-24-22(32-20)27-7-5-26(6-8-27)15-17-1-2-18-19(13-17)31-16-30-18/h1-2,13-14H,3-12,15-16H2,(H,23,28). The molecule has 0 spiro atoms. The van der Waals surface area contributed by atoms with Gasteiger partial charge in [0.25, 0.3) is 5.91 Å². The Kier molecular flexibility index (Phi) is 6.72. The summed E-state index contributed by atoms with van der Waals surface area (Å²) in [5.74, 6) is 1.62. The van der Waals surface area contributed by atoms with Gasteiger partial charge in [0.1, 0.15) is 4.88 Å². The van der Waals surface area contributed by atoms with Gasteiger partial charge in [0.05, 0.1) is 19.4 Å². The predicted octanol–water partition coefficient (Wildman–Crippen LogP) is 1.26. The summed E-state index contributed by atoms with van der Waals surface area (Å²) < 4.78 is 16.2. The summed E-state index contributed by atoms with van der Waals surface area (Å²) in [6, 6.07) is 6.15. The minimum Gasteiger partial charge on any atom is -0.454 e. The average molecular weight is 460 g/mol. The number of aromatic nitrogens is 1. The molecule has 2 fully saturated rings. The molecule has 9 nitrogen and oxygen atoms in total. The highest BCUT2D eigenvalue weighted by molar-refractivity contribution is 7.17. The average Bonchev–Trinajstić information content (AvgIpc) is 3.50. The zero-order valence-electron chi connectivity index (χ0n) is 18.1. The van der Waals surface area contributed by atoms with Gasteiger partial charge in [0.2, 0.25) is 6.79 Å². The molecule has 1 N–H and O–H groups in total. The molecule has 5 rings (SSSR count). The minimum absolute atomic E-state index is 0.0385. The normalized spacial score (nSPS) is 19.3. The molecule has 4 heterocycles. The van der Waals surface area contributed by atoms with Crippen molar-refractivity contribution >= 4 is 22.4 Å². The molecule has 2 saturated heterocycles. The molecule has 10 heteroatoms. The molecule has 0 bridgehead atoms. The van der Waals surface area contributed by atoms with E-state index in [2.05, 4.69) is 37.1 Å². The van der Waals surface area contributed by atoms with Crippen LogP contribution in [0.25, 0.3) is 0 Å². The van der Waals surface area contributed by atoms with Crippen molar-refractivity contribution in [3.05, 3.63) is 34.8 Å². The molecule has 3 aliphatic rings. The number of carbonyl (C=O) groups excluding carboxylic acids is 1. The number of piperazine rings is 1. The van der Waals surface area contributed by atoms with E-state index < -0.39 is 0 Å². The number of anilines is 1. The number of hydrogen-bond acceptors (Lipinski definition) is 9. The second-order valence-electron chi connectivity index (χ2n) is 8.17. The highest BCUT2D eigenvalue weighted by Crippen LogP contribution is 2.33. The van der Waals surface area contributed by atoms with Gasteiger partial charge in [-0.3, -0.25) is 14.6 Å². The fraction of sp³-hybridized carbons (Fsp3) is 0.545. The van der Waals surface area contributed by atoms with Gasteiger partial charge in [0.15, 0.2) is 16.6 Å². The Balaban J connectivity index is 1.07. The van der Waals surface area contributed by atoms with Gasteiger partial charge in [-0.05, 0) is 17.7 Å². The maximum absolute atomic E-state index is 12.5. The van der Waals surface area contributed by atoms with Gasteiger partial charge in [-0.2, -0.15) is 0 Å². The first-order chi connectivity index (χ1) is 15.7. The van der Waals surface area contributed by atoms with Crippen molar-refractivity contribution < 1.29 is 19.0 Å². The van der Waals surface area contributed by atoms with Gasteiger partial charge in [-0.15, -0.1) is 0 Å². The number of benzene rings is 1. The summed E-state index contributed by atoms with van der Waals surface area (Å²) >= 11 is 1.47. The van der Waals surface area contributed by atoms with Crippen LogP contribution >= 0.6 is 11.3 Å². The Bertz CT molecular complexity index is 925. The van der Waals surface area contributed by atoms with Crippen LogP contribution in [0.1, 0.15) is 15.2 Å². The van der Waals surface area contributed by atoms with Gasteiger partial charge in [-0.25, -0.2) is 4.98 Å². The lowest BCUT2D eigenvalue weighted by molar-refractivity contribution is 0.0383. The predicted molar refractivity (Wildman–Crippen MR) is 122 cm³/mol. The Labute approximate surface area is 191 Å². The Morgan fingerprint density at radius 3 is 2.69 bits per heavy atom. The van der Waals surface area contributed by atoms with Crippen molar-refractivity contribution in [3.63, 3.8) is 0 Å². The molecule has 0 aliphatic carbocycles. The molecular formula is C22H29N5O4S. The van der Waals surface area contributed by atoms with Crippen molar-refractivity contribution in [3.8, 4) is 11.5 Å². The number of hydrogen-bond donors (Lipinski definition) is 1. The largest absolute Gasteiger partial charge is 0.454 e. The highest BCUT2D eigenvalue weighted by Gasteiger charge is 2.22. The van der Waals surface area contributed by atoms with Crippen LogP contribution in [-0.4, -0.2) is 93.1 Å². The SMILES string of the molecule is O=C(NCCN1CCOCC1)c1cnc(N2CCN(Cc3ccc4c(c3)OCO4)CC2)s1. The van der Waals surface area contributed by atoms with Crippen molar-refractivity contribution in [2.24, 2.45) is 0 Å². The molecule has 2 aromatic rings. The number of nitrogens with one attached hydrogen (secondary N) is 1. The molecule has 0 radical (unpaired) electrons. The number of carbonyl (C=O) groups is 1. The first kappa shape index (κ1) is 21.4. The highest BCUT2D eigenvalue weighted by atomic mass is 32.1. The van der Waals surface area contributed by atoms with E-state index >= 15 is 0 Å². The maximum atomic E-state index is 12.5. The third-order valence-corrected chi connectivity index (χ3v) is 7.08. The number of amides is 1. The van der Waals surface area contributed by atoms with E-state index in [1.54, 1.807) is 6.20 Å². The molecular weight excluding hydrogens is 430 g/mol. The summed E-state index contributed by atoms with van der Waals surface area (Å²) in [5, 5.41) is 3.94. The smallest absolute Gasteiger partial charge is 0.263 e. The van der Waals surface area contributed by atoms with E-state index in [0.29, 0.717) is 18.2 Å². The summed E-state index contributed by atoms with van der Waals surface area (Å²) in [5.41, 5.74) is 1.23. The van der Waals surface area contributed by atoms with Crippen LogP contribution in [0.15, 0.2) is 24.4 Å². The molecule has 172 valence electrons. The van der Waals surface area contributed by atoms with E-state index in [9.17, 15) is 4.79 Å². The monoisotopic (exact) mass is 459 g/mol. The van der Waals surface area contributed by atoms with Crippen LogP contribution in [0.4, 0.5) is 5.13 Å². The number of ether oxygens (including phenoxy) is 3. The maximum Gasteiger partial charge on any atom is 0.263 e. The summed E-state index contributed by atoms with van der Waals surface area (Å²) in [6.07, 6.45) is 1.70. The van der Waals surface area contributed by atoms with Gasteiger partial charge in [0, 0.05) is 58.9 Å². The minimum atomic E-state index is -0.0385. The fourth-order valence-corrected chi connectivity index (χ4v) is 5.03. The van der Waals surface area contributed by atoms with E-state index in [1.807, 2.05) is 6.07 Å². The van der Waals surface area contributed by atoms with Gasteiger partial charge >= 0.3 is 0 Å². The Morgan fingerprint density at radius 1 is 1.03 bits per heavy atom. The summed E-state index contributed by atoms with van der Waals surface area (Å²) in [7, 11) is 0. The molecule has 0 atom stereocenters. The molecule has 1 aromatic heterocycles. The lowest BCUT2D eigenvalue weighted by Gasteiger charge is -2.34. The molecule has 0 unspecified atom stereocenters. The summed E-state index contributed by atoms with van der Waals surface area (Å²) in [4.78, 5) is 24.7. The van der Waals surface area contributed by atoms with Crippen molar-refractivity contribution in [1.29, 1.82) is 0 Å². The Morgan fingerprint density at radius 2 is 1.84 bits per heavy atom. The number of fused-ring (bicyclic) bond motifs is 1. The quantitative estimate of drug-likeness (QED) is 0.663. The van der Waals surface area contributed by atoms with Crippen LogP contribution in [0, 0.1) is 0 Å². The van der Waals surface area contributed by atoms with Crippen LogP contribution < -0.4 is 19.7 Å². The van der Waals surface area contributed by atoms with Crippen molar-refractivity contribution in [1.82, 2.24) is 20.1 Å². The van der Waals surface area contributed by atoms with Crippen molar-refractivity contribution in [2.75, 3.05) is 77.3 Å². The first-order valence-corrected chi connectivity index (χ1v) is 12.0. The molecule has 3 aliphatic heterocycles. The molecule has 0 saturated carbocycles. The second-order valence-corrected chi connectivity index (χ2v) is 9.18. The topological polar surface area (TPSA) is 79.4 Å². The zero-order chi connectivity index (χ0) is 21.8. The van der Waals surface area contributed by atoms with Crippen LogP contribution in [0.5, 0.6) is 11.5 Å². The van der Waals surface area contributed by atoms with Crippen molar-refractivity contribution in [2.45, 2.75) is 6.54 Å². The van der Waals surface area contributed by atoms with E-state index in [1.165, 1.54) is 16.9 Å². The fourth-order valence-electron chi connectivity index (χ4n) is 4.15. The molecule has 1 amide bonds. The van der Waals surface area contributed by atoms with Crippen LogP contribution in [-0.2, 0) is 11.3 Å². The number of thiazole rings is 1. The second kappa shape index (κ2) is 10.0. The van der Waals surface area contributed by atoms with Crippen LogP contribution in [0.3, 0.4) is 0 Å². The lowest BCUT2D eigenvalue weighted by atomic mass is 10.1. The number of morpholine rings is 1. The van der Waals surface area contributed by atoms with E-state index in [4.69, 9.17) is 14.2 Å². The summed E-state index contributed by atoms with van der Waals surface area (Å²) in [6.45, 7) is 9.81. The lowest BCUT2D eigenvalue weighted by Crippen LogP contribution is -2.45. The zero-order valence-corrected chi connectivity index (χ0v) is 18.9. The number of nitrogens with zero attached hydrogens (tertiary/aromatic N) is 4. The van der Waals surface area contributed by atoms with Gasteiger partial charge in [-0.1, -0.05) is 17.4 Å². The first-order valence-electron chi connectivity index (χ1n) is 11.1. The van der Waals surface area contributed by atoms with Crippen LogP contribution in [0.2, 0.25) is 0 Å². The molecule has 32 heavy (non-hydrogen) atoms. The van der Waals surface area contributed by atoms with Gasteiger partial charge < -0.3 is 24.4 Å².